The Morgan fingerprint density at radius 1 is 1.03 bits per heavy atom. The molecule has 0 fully saturated rings. The maximum absolute atomic E-state index is 13.3. The highest BCUT2D eigenvalue weighted by molar-refractivity contribution is 5.87. The van der Waals surface area contributed by atoms with E-state index in [1.807, 2.05) is 19.1 Å². The normalized spacial score (nSPS) is 11.5. The van der Waals surface area contributed by atoms with E-state index in [9.17, 15) is 14.0 Å². The third-order valence-electron chi connectivity index (χ3n) is 5.06. The average Bonchev–Trinajstić information content (AvgIpc) is 2.79. The summed E-state index contributed by atoms with van der Waals surface area (Å²) < 4.78 is 23.8. The predicted molar refractivity (Wildman–Crippen MR) is 118 cm³/mol. The largest absolute Gasteiger partial charge is 0.493 e. The van der Waals surface area contributed by atoms with Gasteiger partial charge in [0, 0.05) is 19.5 Å². The fraction of sp³-hybridized carbons (Fsp3) is 0.417. The Kier molecular flexibility index (Phi) is 9.31. The van der Waals surface area contributed by atoms with Crippen molar-refractivity contribution in [2.75, 3.05) is 20.8 Å². The summed E-state index contributed by atoms with van der Waals surface area (Å²) in [7, 11) is 3.13. The van der Waals surface area contributed by atoms with E-state index in [-0.39, 0.29) is 30.6 Å². The van der Waals surface area contributed by atoms with Crippen LogP contribution in [0.5, 0.6) is 11.5 Å². The first-order valence-electron chi connectivity index (χ1n) is 10.4. The van der Waals surface area contributed by atoms with Crippen molar-refractivity contribution >= 4 is 11.8 Å². The highest BCUT2D eigenvalue weighted by atomic mass is 19.1. The number of nitrogens with one attached hydrogen (secondary N) is 1. The maximum Gasteiger partial charge on any atom is 0.242 e. The molecule has 0 saturated carbocycles. The standard InChI is InChI=1S/C24H31FN2O4/c1-5-14-26-24(29)17(2)27(16-19-6-10-20(25)11-7-19)23(28)13-9-18-8-12-21(30-3)22(15-18)31-4/h6-8,10-12,15,17H,5,9,13-14,16H2,1-4H3,(H,26,29)/t17-/m1/s1. The number of rotatable bonds is 11. The molecule has 0 aromatic heterocycles. The number of carbonyl (C=O) groups excluding carboxylic acids is 2. The van der Waals surface area contributed by atoms with E-state index in [0.717, 1.165) is 17.5 Å². The van der Waals surface area contributed by atoms with Crippen LogP contribution in [-0.2, 0) is 22.6 Å². The van der Waals surface area contributed by atoms with Gasteiger partial charge < -0.3 is 19.7 Å². The van der Waals surface area contributed by atoms with E-state index in [4.69, 9.17) is 9.47 Å². The molecule has 168 valence electrons. The van der Waals surface area contributed by atoms with Crippen molar-refractivity contribution in [3.63, 3.8) is 0 Å². The molecule has 1 atom stereocenters. The van der Waals surface area contributed by atoms with E-state index >= 15 is 0 Å². The zero-order valence-corrected chi connectivity index (χ0v) is 18.6. The van der Waals surface area contributed by atoms with Crippen LogP contribution in [0.15, 0.2) is 42.5 Å². The first-order chi connectivity index (χ1) is 14.9. The molecule has 0 aliphatic carbocycles. The van der Waals surface area contributed by atoms with Crippen molar-refractivity contribution in [2.24, 2.45) is 0 Å². The van der Waals surface area contributed by atoms with E-state index in [2.05, 4.69) is 5.32 Å². The van der Waals surface area contributed by atoms with Gasteiger partial charge in [0.1, 0.15) is 11.9 Å². The smallest absolute Gasteiger partial charge is 0.242 e. The minimum Gasteiger partial charge on any atom is -0.493 e. The van der Waals surface area contributed by atoms with E-state index in [1.54, 1.807) is 44.2 Å². The lowest BCUT2D eigenvalue weighted by Crippen LogP contribution is -2.47. The van der Waals surface area contributed by atoms with Gasteiger partial charge in [-0.25, -0.2) is 4.39 Å². The third kappa shape index (κ3) is 6.98. The number of hydrogen-bond acceptors (Lipinski definition) is 4. The second-order valence-electron chi connectivity index (χ2n) is 7.30. The van der Waals surface area contributed by atoms with Gasteiger partial charge in [0.05, 0.1) is 14.2 Å². The summed E-state index contributed by atoms with van der Waals surface area (Å²) in [5.74, 6) is 0.519. The number of aryl methyl sites for hydroxylation is 1. The first kappa shape index (κ1) is 24.2. The number of carbonyl (C=O) groups is 2. The van der Waals surface area contributed by atoms with Crippen molar-refractivity contribution in [1.82, 2.24) is 10.2 Å². The van der Waals surface area contributed by atoms with Gasteiger partial charge >= 0.3 is 0 Å². The van der Waals surface area contributed by atoms with Crippen LogP contribution in [0.3, 0.4) is 0 Å². The predicted octanol–water partition coefficient (Wildman–Crippen LogP) is 3.72. The van der Waals surface area contributed by atoms with Crippen LogP contribution in [0, 0.1) is 5.82 Å². The molecule has 0 saturated heterocycles. The van der Waals surface area contributed by atoms with Crippen LogP contribution >= 0.6 is 0 Å². The molecule has 0 radical (unpaired) electrons. The molecule has 0 heterocycles. The van der Waals surface area contributed by atoms with Gasteiger partial charge in [-0.3, -0.25) is 9.59 Å². The molecule has 2 rings (SSSR count). The number of benzene rings is 2. The number of amides is 2. The number of hydrogen-bond donors (Lipinski definition) is 1. The van der Waals surface area contributed by atoms with E-state index in [1.165, 1.54) is 12.1 Å². The Labute approximate surface area is 183 Å². The van der Waals surface area contributed by atoms with Crippen LogP contribution in [-0.4, -0.2) is 43.5 Å². The van der Waals surface area contributed by atoms with Crippen LogP contribution in [0.2, 0.25) is 0 Å². The zero-order chi connectivity index (χ0) is 22.8. The van der Waals surface area contributed by atoms with Gasteiger partial charge in [-0.2, -0.15) is 0 Å². The summed E-state index contributed by atoms with van der Waals surface area (Å²) in [5.41, 5.74) is 1.69. The van der Waals surface area contributed by atoms with Crippen molar-refractivity contribution in [3.8, 4) is 11.5 Å². The monoisotopic (exact) mass is 430 g/mol. The van der Waals surface area contributed by atoms with Gasteiger partial charge in [0.15, 0.2) is 11.5 Å². The SMILES string of the molecule is CCCNC(=O)[C@@H](C)N(Cc1ccc(F)cc1)C(=O)CCc1ccc(OC)c(OC)c1. The van der Waals surface area contributed by atoms with Gasteiger partial charge in [0.25, 0.3) is 0 Å². The number of nitrogens with zero attached hydrogens (tertiary/aromatic N) is 1. The van der Waals surface area contributed by atoms with Crippen LogP contribution < -0.4 is 14.8 Å². The molecule has 0 bridgehead atoms. The fourth-order valence-electron chi connectivity index (χ4n) is 3.20. The van der Waals surface area contributed by atoms with Crippen LogP contribution in [0.1, 0.15) is 37.8 Å². The minimum absolute atomic E-state index is 0.154. The Morgan fingerprint density at radius 2 is 1.68 bits per heavy atom. The summed E-state index contributed by atoms with van der Waals surface area (Å²) in [6, 6.07) is 10.8. The molecule has 2 aromatic rings. The minimum atomic E-state index is -0.644. The number of ether oxygens (including phenoxy) is 2. The summed E-state index contributed by atoms with van der Waals surface area (Å²) in [6.07, 6.45) is 1.52. The van der Waals surface area contributed by atoms with Gasteiger partial charge in [-0.15, -0.1) is 0 Å². The fourth-order valence-corrected chi connectivity index (χ4v) is 3.20. The molecular formula is C24H31FN2O4. The second kappa shape index (κ2) is 11.9. The van der Waals surface area contributed by atoms with E-state index in [0.29, 0.717) is 24.5 Å². The molecule has 31 heavy (non-hydrogen) atoms. The Bertz CT molecular complexity index is 870. The number of methoxy groups -OCH3 is 2. The van der Waals surface area contributed by atoms with Crippen LogP contribution in [0.25, 0.3) is 0 Å². The zero-order valence-electron chi connectivity index (χ0n) is 18.6. The molecule has 0 unspecified atom stereocenters. The summed E-state index contributed by atoms with van der Waals surface area (Å²) >= 11 is 0. The summed E-state index contributed by atoms with van der Waals surface area (Å²) in [6.45, 7) is 4.46. The van der Waals surface area contributed by atoms with Crippen molar-refractivity contribution < 1.29 is 23.5 Å². The molecular weight excluding hydrogens is 399 g/mol. The Morgan fingerprint density at radius 3 is 2.29 bits per heavy atom. The molecule has 0 aliphatic heterocycles. The molecule has 0 aliphatic rings. The number of halogens is 1. The first-order valence-corrected chi connectivity index (χ1v) is 10.4. The van der Waals surface area contributed by atoms with Gasteiger partial charge in [-0.05, 0) is 55.2 Å². The molecule has 2 aromatic carbocycles. The van der Waals surface area contributed by atoms with Crippen molar-refractivity contribution in [1.29, 1.82) is 0 Å². The van der Waals surface area contributed by atoms with Gasteiger partial charge in [-0.1, -0.05) is 25.1 Å². The molecule has 2 amide bonds. The van der Waals surface area contributed by atoms with Crippen molar-refractivity contribution in [3.05, 3.63) is 59.4 Å². The lowest BCUT2D eigenvalue weighted by Gasteiger charge is -2.29. The highest BCUT2D eigenvalue weighted by Crippen LogP contribution is 2.28. The Balaban J connectivity index is 2.14. The van der Waals surface area contributed by atoms with Crippen molar-refractivity contribution in [2.45, 2.75) is 45.7 Å². The van der Waals surface area contributed by atoms with Gasteiger partial charge in [0.2, 0.25) is 11.8 Å². The molecule has 7 heteroatoms. The highest BCUT2D eigenvalue weighted by Gasteiger charge is 2.25. The van der Waals surface area contributed by atoms with E-state index < -0.39 is 6.04 Å². The average molecular weight is 431 g/mol. The topological polar surface area (TPSA) is 67.9 Å². The quantitative estimate of drug-likeness (QED) is 0.590. The second-order valence-corrected chi connectivity index (χ2v) is 7.30. The molecule has 0 spiro atoms. The maximum atomic E-state index is 13.3. The lowest BCUT2D eigenvalue weighted by molar-refractivity contribution is -0.140. The third-order valence-corrected chi connectivity index (χ3v) is 5.06. The summed E-state index contributed by atoms with van der Waals surface area (Å²) in [4.78, 5) is 27.2. The molecule has 6 nitrogen and oxygen atoms in total. The Hall–Kier alpha value is -3.09. The lowest BCUT2D eigenvalue weighted by atomic mass is 10.1. The van der Waals surface area contributed by atoms with Crippen LogP contribution in [0.4, 0.5) is 4.39 Å². The summed E-state index contributed by atoms with van der Waals surface area (Å²) in [5, 5.41) is 2.84. The molecule has 1 N–H and O–H groups in total.